The summed E-state index contributed by atoms with van der Waals surface area (Å²) >= 11 is 6.48. The average molecular weight is 387 g/mol. The van der Waals surface area contributed by atoms with E-state index in [1.54, 1.807) is 0 Å². The van der Waals surface area contributed by atoms with Crippen molar-refractivity contribution in [2.75, 3.05) is 13.2 Å². The Morgan fingerprint density at radius 3 is 2.67 bits per heavy atom. The van der Waals surface area contributed by atoms with Gasteiger partial charge in [0.15, 0.2) is 0 Å². The summed E-state index contributed by atoms with van der Waals surface area (Å²) in [6.45, 7) is 3.64. The molecular weight excluding hydrogens is 360 g/mol. The van der Waals surface area contributed by atoms with Crippen LogP contribution in [-0.4, -0.2) is 25.4 Å². The van der Waals surface area contributed by atoms with Crippen LogP contribution in [0, 0.1) is 0 Å². The van der Waals surface area contributed by atoms with Crippen molar-refractivity contribution in [2.24, 2.45) is 0 Å². The van der Waals surface area contributed by atoms with E-state index in [2.05, 4.69) is 31.2 Å². The van der Waals surface area contributed by atoms with Gasteiger partial charge < -0.3 is 14.2 Å². The number of ether oxygens (including phenoxy) is 3. The molecule has 2 aliphatic heterocycles. The lowest BCUT2D eigenvalue weighted by molar-refractivity contribution is -0.0414. The minimum absolute atomic E-state index is 0.180. The van der Waals surface area contributed by atoms with Gasteiger partial charge in [0.1, 0.15) is 11.9 Å². The number of benzene rings is 2. The Bertz CT molecular complexity index is 753. The second-order valence-electron chi connectivity index (χ2n) is 7.64. The van der Waals surface area contributed by atoms with Crippen LogP contribution in [0.15, 0.2) is 42.5 Å². The first-order valence-electron chi connectivity index (χ1n) is 9.94. The third-order valence-corrected chi connectivity index (χ3v) is 5.79. The van der Waals surface area contributed by atoms with Gasteiger partial charge >= 0.3 is 0 Å². The number of hydrogen-bond donors (Lipinski definition) is 0. The maximum Gasteiger partial charge on any atom is 0.124 e. The molecule has 2 aliphatic rings. The lowest BCUT2D eigenvalue weighted by atomic mass is 9.95. The molecule has 3 atom stereocenters. The Morgan fingerprint density at radius 1 is 1.07 bits per heavy atom. The van der Waals surface area contributed by atoms with Crippen LogP contribution in [0.3, 0.4) is 0 Å². The molecule has 2 saturated heterocycles. The van der Waals surface area contributed by atoms with Gasteiger partial charge in [0.2, 0.25) is 0 Å². The van der Waals surface area contributed by atoms with Gasteiger partial charge in [-0.1, -0.05) is 35.9 Å². The molecule has 2 heterocycles. The second kappa shape index (κ2) is 8.64. The standard InChI is InChI=1S/C23H27ClO3/c1-16-3-2-4-23(26-16)18-7-10-22(24)19(14-18)13-17-5-8-20(9-6-17)27-21-11-12-25-15-21/h5-10,14,16,21,23H,2-4,11-13,15H2,1H3/t16-,21+,23-/m1/s1. The Hall–Kier alpha value is -1.55. The van der Waals surface area contributed by atoms with Crippen molar-refractivity contribution in [3.8, 4) is 5.75 Å². The lowest BCUT2D eigenvalue weighted by Gasteiger charge is -2.28. The highest BCUT2D eigenvalue weighted by Gasteiger charge is 2.21. The zero-order valence-electron chi connectivity index (χ0n) is 15.8. The summed E-state index contributed by atoms with van der Waals surface area (Å²) in [5.74, 6) is 0.902. The van der Waals surface area contributed by atoms with E-state index >= 15 is 0 Å². The van der Waals surface area contributed by atoms with Crippen LogP contribution >= 0.6 is 11.6 Å². The number of halogens is 1. The Morgan fingerprint density at radius 2 is 1.93 bits per heavy atom. The normalized spacial score (nSPS) is 25.5. The first kappa shape index (κ1) is 18.8. The fourth-order valence-corrected chi connectivity index (χ4v) is 4.07. The van der Waals surface area contributed by atoms with Gasteiger partial charge in [0, 0.05) is 11.4 Å². The highest BCUT2D eigenvalue weighted by atomic mass is 35.5. The van der Waals surface area contributed by atoms with E-state index in [9.17, 15) is 0 Å². The smallest absolute Gasteiger partial charge is 0.124 e. The van der Waals surface area contributed by atoms with Crippen LogP contribution in [0.4, 0.5) is 0 Å². The first-order chi connectivity index (χ1) is 13.2. The van der Waals surface area contributed by atoms with Gasteiger partial charge in [-0.25, -0.2) is 0 Å². The van der Waals surface area contributed by atoms with E-state index in [1.807, 2.05) is 18.2 Å². The molecule has 0 aromatic heterocycles. The van der Waals surface area contributed by atoms with Crippen molar-refractivity contribution < 1.29 is 14.2 Å². The summed E-state index contributed by atoms with van der Waals surface area (Å²) in [4.78, 5) is 0. The topological polar surface area (TPSA) is 27.7 Å². The molecule has 2 fully saturated rings. The molecule has 0 radical (unpaired) electrons. The predicted octanol–water partition coefficient (Wildman–Crippen LogP) is 5.73. The van der Waals surface area contributed by atoms with E-state index in [1.165, 1.54) is 17.5 Å². The quantitative estimate of drug-likeness (QED) is 0.656. The van der Waals surface area contributed by atoms with Crippen LogP contribution in [0.1, 0.15) is 55.4 Å². The lowest BCUT2D eigenvalue weighted by Crippen LogP contribution is -2.19. The molecule has 144 valence electrons. The zero-order valence-corrected chi connectivity index (χ0v) is 16.6. The SMILES string of the molecule is C[C@@H]1CCC[C@H](c2ccc(Cl)c(Cc3ccc(O[C@H]4CCOC4)cc3)c2)O1. The summed E-state index contributed by atoms with van der Waals surface area (Å²) in [6.07, 6.45) is 5.93. The monoisotopic (exact) mass is 386 g/mol. The van der Waals surface area contributed by atoms with Crippen LogP contribution in [0.2, 0.25) is 5.02 Å². The highest BCUT2D eigenvalue weighted by molar-refractivity contribution is 6.31. The van der Waals surface area contributed by atoms with Gasteiger partial charge in [-0.15, -0.1) is 0 Å². The van der Waals surface area contributed by atoms with Crippen LogP contribution in [-0.2, 0) is 15.9 Å². The molecule has 27 heavy (non-hydrogen) atoms. The van der Waals surface area contributed by atoms with Crippen LogP contribution in [0.25, 0.3) is 0 Å². The van der Waals surface area contributed by atoms with Gasteiger partial charge in [0.05, 0.1) is 25.4 Å². The summed E-state index contributed by atoms with van der Waals surface area (Å²) in [7, 11) is 0. The molecule has 2 aromatic carbocycles. The molecule has 0 amide bonds. The van der Waals surface area contributed by atoms with E-state index in [-0.39, 0.29) is 12.2 Å². The van der Waals surface area contributed by atoms with Crippen LogP contribution in [0.5, 0.6) is 5.75 Å². The van der Waals surface area contributed by atoms with Crippen molar-refractivity contribution in [1.82, 2.24) is 0 Å². The molecule has 0 aliphatic carbocycles. The Kier molecular flexibility index (Phi) is 6.01. The maximum absolute atomic E-state index is 6.48. The molecule has 0 N–H and O–H groups in total. The van der Waals surface area contributed by atoms with E-state index < -0.39 is 0 Å². The highest BCUT2D eigenvalue weighted by Crippen LogP contribution is 2.33. The van der Waals surface area contributed by atoms with Gasteiger partial charge in [-0.05, 0) is 67.5 Å². The van der Waals surface area contributed by atoms with Crippen molar-refractivity contribution in [3.05, 3.63) is 64.2 Å². The predicted molar refractivity (Wildman–Crippen MR) is 108 cm³/mol. The minimum Gasteiger partial charge on any atom is -0.488 e. The third-order valence-electron chi connectivity index (χ3n) is 5.42. The molecule has 0 unspecified atom stereocenters. The molecule has 0 saturated carbocycles. The summed E-state index contributed by atoms with van der Waals surface area (Å²) < 4.78 is 17.4. The largest absolute Gasteiger partial charge is 0.488 e. The molecule has 4 heteroatoms. The molecule has 0 bridgehead atoms. The fourth-order valence-electron chi connectivity index (χ4n) is 3.89. The summed E-state index contributed by atoms with van der Waals surface area (Å²) in [5.41, 5.74) is 3.61. The van der Waals surface area contributed by atoms with Crippen molar-refractivity contribution in [2.45, 2.75) is 57.3 Å². The Labute approximate surface area is 166 Å². The summed E-state index contributed by atoms with van der Waals surface area (Å²) in [5, 5.41) is 0.811. The Balaban J connectivity index is 1.44. The van der Waals surface area contributed by atoms with Crippen molar-refractivity contribution >= 4 is 11.6 Å². The second-order valence-corrected chi connectivity index (χ2v) is 8.05. The van der Waals surface area contributed by atoms with E-state index in [0.29, 0.717) is 12.7 Å². The maximum atomic E-state index is 6.48. The number of rotatable bonds is 5. The van der Waals surface area contributed by atoms with Gasteiger partial charge in [0.25, 0.3) is 0 Å². The first-order valence-corrected chi connectivity index (χ1v) is 10.3. The third kappa shape index (κ3) is 4.84. The summed E-state index contributed by atoms with van der Waals surface area (Å²) in [6, 6.07) is 14.6. The fraction of sp³-hybridized carbons (Fsp3) is 0.478. The van der Waals surface area contributed by atoms with Crippen molar-refractivity contribution in [1.29, 1.82) is 0 Å². The minimum atomic E-state index is 0.180. The van der Waals surface area contributed by atoms with Gasteiger partial charge in [-0.2, -0.15) is 0 Å². The van der Waals surface area contributed by atoms with Crippen molar-refractivity contribution in [3.63, 3.8) is 0 Å². The van der Waals surface area contributed by atoms with E-state index in [0.717, 1.165) is 48.6 Å². The molecule has 2 aromatic rings. The number of hydrogen-bond acceptors (Lipinski definition) is 3. The van der Waals surface area contributed by atoms with E-state index in [4.69, 9.17) is 25.8 Å². The molecular formula is C23H27ClO3. The molecule has 3 nitrogen and oxygen atoms in total. The molecule has 0 spiro atoms. The molecule has 4 rings (SSSR count). The van der Waals surface area contributed by atoms with Gasteiger partial charge in [-0.3, -0.25) is 0 Å². The zero-order chi connectivity index (χ0) is 18.6. The average Bonchev–Trinajstić information content (AvgIpc) is 3.18. The van der Waals surface area contributed by atoms with Crippen LogP contribution < -0.4 is 4.74 Å².